The Morgan fingerprint density at radius 2 is 2.10 bits per heavy atom. The number of quaternary nitrogens is 1. The molecule has 21 heavy (non-hydrogen) atoms. The van der Waals surface area contributed by atoms with Gasteiger partial charge in [-0.05, 0) is 39.0 Å². The van der Waals surface area contributed by atoms with Crippen molar-refractivity contribution >= 4 is 11.6 Å². The zero-order valence-electron chi connectivity index (χ0n) is 12.7. The molecule has 2 rings (SSSR count). The van der Waals surface area contributed by atoms with Gasteiger partial charge < -0.3 is 15.0 Å². The average molecular weight is 288 g/mol. The molecule has 1 aliphatic rings. The minimum absolute atomic E-state index is 0.0265. The summed E-state index contributed by atoms with van der Waals surface area (Å²) in [5.74, 6) is -0.0265. The van der Waals surface area contributed by atoms with Crippen molar-refractivity contribution in [2.45, 2.75) is 39.0 Å². The van der Waals surface area contributed by atoms with Crippen molar-refractivity contribution in [3.05, 3.63) is 29.8 Å². The third-order valence-corrected chi connectivity index (χ3v) is 3.83. The molecule has 2 N–H and O–H groups in total. The van der Waals surface area contributed by atoms with E-state index in [1.165, 1.54) is 4.90 Å². The number of nitrogens with zero attached hydrogens (tertiary/aromatic N) is 1. The first-order valence-electron chi connectivity index (χ1n) is 7.30. The van der Waals surface area contributed by atoms with Crippen LogP contribution in [-0.4, -0.2) is 37.2 Å². The number of nitriles is 1. The van der Waals surface area contributed by atoms with Crippen molar-refractivity contribution in [2.75, 3.05) is 18.4 Å². The van der Waals surface area contributed by atoms with Crippen LogP contribution in [0.25, 0.3) is 0 Å². The minimum atomic E-state index is -0.149. The average Bonchev–Trinajstić information content (AvgIpc) is 2.45. The number of ether oxygens (including phenoxy) is 1. The smallest absolute Gasteiger partial charge is 0.282 e. The maximum absolute atomic E-state index is 12.4. The van der Waals surface area contributed by atoms with E-state index in [9.17, 15) is 4.79 Å². The number of carbonyl (C=O) groups excluding carboxylic acids is 1. The summed E-state index contributed by atoms with van der Waals surface area (Å²) in [6.07, 6.45) is 0.335. The largest absolute Gasteiger partial charge is 0.364 e. The Labute approximate surface area is 125 Å². The first-order valence-corrected chi connectivity index (χ1v) is 7.30. The highest BCUT2D eigenvalue weighted by atomic mass is 16.5. The second kappa shape index (κ2) is 6.70. The molecule has 0 spiro atoms. The van der Waals surface area contributed by atoms with E-state index in [1.54, 1.807) is 24.3 Å². The second-order valence-corrected chi connectivity index (χ2v) is 5.73. The van der Waals surface area contributed by atoms with Gasteiger partial charge in [0.05, 0.1) is 11.6 Å². The molecule has 1 heterocycles. The molecule has 5 nitrogen and oxygen atoms in total. The lowest BCUT2D eigenvalue weighted by atomic mass is 10.1. The quantitative estimate of drug-likeness (QED) is 0.855. The summed E-state index contributed by atoms with van der Waals surface area (Å²) in [7, 11) is 0. The SMILES string of the molecule is C[C@@H]1C[NH+]([C@@H](C)C(=O)Nc2cccc(C#N)c2)C[C@H](C)O1. The predicted molar refractivity (Wildman–Crippen MR) is 80.0 cm³/mol. The van der Waals surface area contributed by atoms with Gasteiger partial charge in [-0.25, -0.2) is 0 Å². The standard InChI is InChI=1S/C16H21N3O2/c1-11-9-19(10-12(2)21-11)13(3)16(20)18-15-6-4-5-14(7-15)8-17/h4-7,11-13H,9-10H2,1-3H3,(H,18,20)/p+1/t11-,12+,13-/m0/s1. The first kappa shape index (κ1) is 15.5. The molecule has 0 aliphatic carbocycles. The Kier molecular flexibility index (Phi) is 4.94. The lowest BCUT2D eigenvalue weighted by molar-refractivity contribution is -0.928. The van der Waals surface area contributed by atoms with Crippen molar-refractivity contribution in [1.82, 2.24) is 0 Å². The number of carbonyl (C=O) groups is 1. The molecule has 1 saturated heterocycles. The molecule has 1 amide bonds. The zero-order chi connectivity index (χ0) is 15.4. The van der Waals surface area contributed by atoms with E-state index in [0.29, 0.717) is 11.3 Å². The molecule has 1 aromatic carbocycles. The monoisotopic (exact) mass is 288 g/mol. The summed E-state index contributed by atoms with van der Waals surface area (Å²) >= 11 is 0. The lowest BCUT2D eigenvalue weighted by Crippen LogP contribution is -3.19. The molecule has 0 saturated carbocycles. The number of hydrogen-bond donors (Lipinski definition) is 2. The minimum Gasteiger partial charge on any atom is -0.364 e. The molecule has 1 aromatic rings. The highest BCUT2D eigenvalue weighted by molar-refractivity contribution is 5.93. The molecule has 1 fully saturated rings. The lowest BCUT2D eigenvalue weighted by Gasteiger charge is -2.35. The molecule has 4 atom stereocenters. The molecule has 0 aromatic heterocycles. The molecular weight excluding hydrogens is 266 g/mol. The van der Waals surface area contributed by atoms with Crippen LogP contribution in [-0.2, 0) is 9.53 Å². The van der Waals surface area contributed by atoms with Gasteiger partial charge in [0.1, 0.15) is 25.3 Å². The first-order chi connectivity index (χ1) is 9.99. The number of amides is 1. The van der Waals surface area contributed by atoms with Crippen molar-refractivity contribution < 1.29 is 14.4 Å². The van der Waals surface area contributed by atoms with Gasteiger partial charge >= 0.3 is 0 Å². The highest BCUT2D eigenvalue weighted by Crippen LogP contribution is 2.10. The molecular formula is C16H22N3O2+. The van der Waals surface area contributed by atoms with Crippen LogP contribution < -0.4 is 10.2 Å². The van der Waals surface area contributed by atoms with Crippen LogP contribution in [0.1, 0.15) is 26.3 Å². The number of nitrogens with one attached hydrogen (secondary N) is 2. The van der Waals surface area contributed by atoms with Gasteiger partial charge in [-0.15, -0.1) is 0 Å². The van der Waals surface area contributed by atoms with Crippen molar-refractivity contribution in [3.8, 4) is 6.07 Å². The molecule has 0 radical (unpaired) electrons. The number of anilines is 1. The predicted octanol–water partition coefficient (Wildman–Crippen LogP) is 0.577. The van der Waals surface area contributed by atoms with Gasteiger partial charge in [-0.2, -0.15) is 5.26 Å². The van der Waals surface area contributed by atoms with E-state index in [4.69, 9.17) is 10.00 Å². The van der Waals surface area contributed by atoms with Crippen LogP contribution in [0, 0.1) is 11.3 Å². The third-order valence-electron chi connectivity index (χ3n) is 3.83. The molecule has 1 unspecified atom stereocenters. The summed E-state index contributed by atoms with van der Waals surface area (Å²) in [5, 5.41) is 11.8. The Hall–Kier alpha value is -1.90. The topological polar surface area (TPSA) is 66.6 Å². The fourth-order valence-corrected chi connectivity index (χ4v) is 2.77. The van der Waals surface area contributed by atoms with E-state index < -0.39 is 0 Å². The fourth-order valence-electron chi connectivity index (χ4n) is 2.77. The van der Waals surface area contributed by atoms with Crippen LogP contribution in [0.15, 0.2) is 24.3 Å². The van der Waals surface area contributed by atoms with Gasteiger partial charge in [0.15, 0.2) is 6.04 Å². The molecule has 5 heteroatoms. The van der Waals surface area contributed by atoms with E-state index in [0.717, 1.165) is 13.1 Å². The summed E-state index contributed by atoms with van der Waals surface area (Å²) in [6, 6.07) is 8.89. The summed E-state index contributed by atoms with van der Waals surface area (Å²) in [6.45, 7) is 7.67. The van der Waals surface area contributed by atoms with Gasteiger partial charge in [-0.3, -0.25) is 4.79 Å². The van der Waals surface area contributed by atoms with Crippen LogP contribution in [0.4, 0.5) is 5.69 Å². The third kappa shape index (κ3) is 4.03. The van der Waals surface area contributed by atoms with Crippen molar-refractivity contribution in [1.29, 1.82) is 5.26 Å². The van der Waals surface area contributed by atoms with E-state index in [1.807, 2.05) is 20.8 Å². The second-order valence-electron chi connectivity index (χ2n) is 5.73. The van der Waals surface area contributed by atoms with Crippen LogP contribution in [0.3, 0.4) is 0 Å². The molecule has 112 valence electrons. The van der Waals surface area contributed by atoms with Gasteiger partial charge in [0.2, 0.25) is 0 Å². The van der Waals surface area contributed by atoms with E-state index in [-0.39, 0.29) is 24.2 Å². The molecule has 1 aliphatic heterocycles. The van der Waals surface area contributed by atoms with Gasteiger partial charge in [0, 0.05) is 5.69 Å². The molecule has 0 bridgehead atoms. The van der Waals surface area contributed by atoms with Crippen LogP contribution >= 0.6 is 0 Å². The maximum Gasteiger partial charge on any atom is 0.282 e. The highest BCUT2D eigenvalue weighted by Gasteiger charge is 2.32. The Balaban J connectivity index is 2.00. The number of benzene rings is 1. The maximum atomic E-state index is 12.4. The van der Waals surface area contributed by atoms with Gasteiger partial charge in [-0.1, -0.05) is 6.07 Å². The summed E-state index contributed by atoms with van der Waals surface area (Å²) < 4.78 is 5.71. The number of morpholine rings is 1. The normalized spacial score (nSPS) is 26.7. The van der Waals surface area contributed by atoms with Crippen molar-refractivity contribution in [2.24, 2.45) is 0 Å². The van der Waals surface area contributed by atoms with E-state index >= 15 is 0 Å². The Morgan fingerprint density at radius 3 is 2.71 bits per heavy atom. The fraction of sp³-hybridized carbons (Fsp3) is 0.500. The van der Waals surface area contributed by atoms with Crippen molar-refractivity contribution in [3.63, 3.8) is 0 Å². The Morgan fingerprint density at radius 1 is 1.43 bits per heavy atom. The summed E-state index contributed by atoms with van der Waals surface area (Å²) in [5.41, 5.74) is 1.21. The number of rotatable bonds is 3. The van der Waals surface area contributed by atoms with Crippen LogP contribution in [0.5, 0.6) is 0 Å². The van der Waals surface area contributed by atoms with Crippen LogP contribution in [0.2, 0.25) is 0 Å². The van der Waals surface area contributed by atoms with Gasteiger partial charge in [0.25, 0.3) is 5.91 Å². The zero-order valence-corrected chi connectivity index (χ0v) is 12.7. The number of hydrogen-bond acceptors (Lipinski definition) is 3. The Bertz CT molecular complexity index is 543. The van der Waals surface area contributed by atoms with E-state index in [2.05, 4.69) is 11.4 Å². The summed E-state index contributed by atoms with van der Waals surface area (Å²) in [4.78, 5) is 13.6.